The fourth-order valence-electron chi connectivity index (χ4n) is 3.53. The van der Waals surface area contributed by atoms with Crippen molar-refractivity contribution in [2.24, 2.45) is 0 Å². The Morgan fingerprint density at radius 2 is 1.42 bits per heavy atom. The Bertz CT molecular complexity index is 1440. The minimum atomic E-state index is -1.01. The Labute approximate surface area is 302 Å². The van der Waals surface area contributed by atoms with Gasteiger partial charge in [-0.25, -0.2) is 9.59 Å². The van der Waals surface area contributed by atoms with Crippen LogP contribution < -0.4 is 20.7 Å². The molecule has 3 rings (SSSR count). The van der Waals surface area contributed by atoms with Crippen LogP contribution in [0.2, 0.25) is 0 Å². The maximum absolute atomic E-state index is 12.5. The van der Waals surface area contributed by atoms with E-state index in [2.05, 4.69) is 61.1 Å². The van der Waals surface area contributed by atoms with Gasteiger partial charge in [0, 0.05) is 6.42 Å². The van der Waals surface area contributed by atoms with Gasteiger partial charge in [-0.3, -0.25) is 9.59 Å². The van der Waals surface area contributed by atoms with Gasteiger partial charge in [0.25, 0.3) is 0 Å². The fraction of sp³-hybridized carbons (Fsp3) is 0.214. The molecule has 0 aliphatic rings. The average molecular weight is 1040 g/mol. The van der Waals surface area contributed by atoms with Crippen molar-refractivity contribution < 1.29 is 38.5 Å². The number of hydrogen-bond donors (Lipinski definition) is 4. The molecule has 0 spiro atoms. The lowest BCUT2D eigenvalue weighted by molar-refractivity contribution is -0.145. The van der Waals surface area contributed by atoms with Gasteiger partial charge in [0.05, 0.1) is 27.9 Å². The minimum Gasteiger partial charge on any atom is -0.506 e. The Kier molecular flexibility index (Phi) is 14.3. The van der Waals surface area contributed by atoms with Crippen molar-refractivity contribution in [3.63, 3.8) is 0 Å². The van der Waals surface area contributed by atoms with E-state index in [0.717, 1.165) is 18.3 Å². The van der Waals surface area contributed by atoms with Crippen molar-refractivity contribution in [3.8, 4) is 17.2 Å². The minimum absolute atomic E-state index is 0.0523. The van der Waals surface area contributed by atoms with Gasteiger partial charge in [0.15, 0.2) is 5.75 Å². The number of ether oxygens (including phenoxy) is 3. The summed E-state index contributed by atoms with van der Waals surface area (Å²) in [6.07, 6.45) is -0.648. The normalized spacial score (nSPS) is 11.2. The highest BCUT2D eigenvalue weighted by atomic mass is 127. The smallest absolute Gasteiger partial charge is 0.407 e. The van der Waals surface area contributed by atoms with Gasteiger partial charge in [-0.05, 0) is 126 Å². The third kappa shape index (κ3) is 11.4. The highest BCUT2D eigenvalue weighted by Crippen LogP contribution is 2.37. The first-order valence-corrected chi connectivity index (χ1v) is 16.7. The molecule has 3 aromatic carbocycles. The number of nitrogens with one attached hydrogen (secondary N) is 3. The predicted octanol–water partition coefficient (Wildman–Crippen LogP) is 4.85. The molecule has 0 saturated heterocycles. The van der Waals surface area contributed by atoms with E-state index < -0.39 is 43.0 Å². The Hall–Kier alpha value is -2.14. The van der Waals surface area contributed by atoms with Gasteiger partial charge in [-0.1, -0.05) is 30.3 Å². The number of phenols is 1. The Morgan fingerprint density at radius 3 is 2.02 bits per heavy atom. The molecule has 0 saturated carbocycles. The van der Waals surface area contributed by atoms with Crippen molar-refractivity contribution in [1.82, 2.24) is 16.0 Å². The van der Waals surface area contributed by atoms with E-state index in [0.29, 0.717) is 18.6 Å². The summed E-state index contributed by atoms with van der Waals surface area (Å²) in [4.78, 5) is 48.9. The number of methoxy groups -OCH3 is 1. The van der Waals surface area contributed by atoms with Crippen molar-refractivity contribution in [2.45, 2.75) is 19.1 Å². The Morgan fingerprint density at radius 1 is 0.814 bits per heavy atom. The van der Waals surface area contributed by atoms with Crippen molar-refractivity contribution >= 4 is 114 Å². The summed E-state index contributed by atoms with van der Waals surface area (Å²) in [6, 6.07) is 15.2. The third-order valence-electron chi connectivity index (χ3n) is 5.58. The number of aromatic hydroxyl groups is 1. The van der Waals surface area contributed by atoms with E-state index in [4.69, 9.17) is 14.2 Å². The first-order valence-electron chi connectivity index (χ1n) is 12.4. The second-order valence-corrected chi connectivity index (χ2v) is 13.4. The van der Waals surface area contributed by atoms with Gasteiger partial charge in [0.2, 0.25) is 11.8 Å². The molecular formula is C28H25I4N3O8. The van der Waals surface area contributed by atoms with Crippen molar-refractivity contribution in [2.75, 3.05) is 20.2 Å². The quantitative estimate of drug-likeness (QED) is 0.149. The van der Waals surface area contributed by atoms with Crippen LogP contribution in [0.3, 0.4) is 0 Å². The van der Waals surface area contributed by atoms with Gasteiger partial charge >= 0.3 is 12.1 Å². The van der Waals surface area contributed by atoms with Crippen LogP contribution in [-0.4, -0.2) is 55.2 Å². The zero-order valence-electron chi connectivity index (χ0n) is 22.4. The van der Waals surface area contributed by atoms with E-state index in [9.17, 15) is 24.3 Å². The molecule has 0 aliphatic heterocycles. The first-order chi connectivity index (χ1) is 20.5. The topological polar surface area (TPSA) is 152 Å². The molecule has 1 unspecified atom stereocenters. The monoisotopic (exact) mass is 1040 g/mol. The molecule has 228 valence electrons. The van der Waals surface area contributed by atoms with Crippen LogP contribution in [0.1, 0.15) is 11.1 Å². The largest absolute Gasteiger partial charge is 0.506 e. The highest BCUT2D eigenvalue weighted by Gasteiger charge is 2.24. The molecule has 43 heavy (non-hydrogen) atoms. The number of rotatable bonds is 12. The highest BCUT2D eigenvalue weighted by molar-refractivity contribution is 14.1. The summed E-state index contributed by atoms with van der Waals surface area (Å²) < 4.78 is 18.9. The molecule has 3 amide bonds. The molecule has 0 aromatic heterocycles. The maximum Gasteiger partial charge on any atom is 0.407 e. The SMILES string of the molecule is COC(=O)C(Cc1cc(I)c(Oc2cc(I)c(O)c(I)c2)c(I)c1)NC(=O)CNC(=O)CNC(=O)OCc1ccccc1. The van der Waals surface area contributed by atoms with E-state index in [-0.39, 0.29) is 18.8 Å². The molecule has 1 atom stereocenters. The van der Waals surface area contributed by atoms with Crippen LogP contribution >= 0.6 is 90.4 Å². The van der Waals surface area contributed by atoms with Gasteiger partial charge in [-0.15, -0.1) is 0 Å². The predicted molar refractivity (Wildman–Crippen MR) is 191 cm³/mol. The molecular weight excluding hydrogens is 1010 g/mol. The lowest BCUT2D eigenvalue weighted by Crippen LogP contribution is -2.48. The zero-order chi connectivity index (χ0) is 31.5. The maximum atomic E-state index is 12.5. The number of phenolic OH excluding ortho intramolecular Hbond substituents is 1. The summed E-state index contributed by atoms with van der Waals surface area (Å²) in [5.41, 5.74) is 1.54. The summed E-state index contributed by atoms with van der Waals surface area (Å²) in [7, 11) is 1.22. The third-order valence-corrected chi connectivity index (χ3v) is 8.83. The number of halogens is 4. The van der Waals surface area contributed by atoms with Crippen molar-refractivity contribution in [1.29, 1.82) is 0 Å². The van der Waals surface area contributed by atoms with Crippen LogP contribution in [0.5, 0.6) is 17.2 Å². The number of carbonyl (C=O) groups excluding carboxylic acids is 4. The number of hydrogen-bond acceptors (Lipinski definition) is 8. The zero-order valence-corrected chi connectivity index (χ0v) is 31.0. The number of alkyl carbamates (subject to hydrolysis) is 1. The molecule has 11 nitrogen and oxygen atoms in total. The summed E-state index contributed by atoms with van der Waals surface area (Å²) >= 11 is 8.32. The number of esters is 1. The van der Waals surface area contributed by atoms with Crippen molar-refractivity contribution in [3.05, 3.63) is 80.0 Å². The second kappa shape index (κ2) is 17.4. The first kappa shape index (κ1) is 35.3. The van der Waals surface area contributed by atoms with Crippen LogP contribution in [-0.2, 0) is 36.9 Å². The van der Waals surface area contributed by atoms with Crippen LogP contribution in [0.25, 0.3) is 0 Å². The van der Waals surface area contributed by atoms with Crippen LogP contribution in [0, 0.1) is 14.3 Å². The number of amides is 3. The summed E-state index contributed by atoms with van der Waals surface area (Å²) in [5.74, 6) is -0.506. The molecule has 0 heterocycles. The molecule has 15 heteroatoms. The van der Waals surface area contributed by atoms with E-state index in [1.54, 1.807) is 24.3 Å². The van der Waals surface area contributed by atoms with Crippen LogP contribution in [0.15, 0.2) is 54.6 Å². The second-order valence-electron chi connectivity index (χ2n) is 8.77. The summed E-state index contributed by atoms with van der Waals surface area (Å²) in [6.45, 7) is -0.759. The molecule has 0 fully saturated rings. The number of benzene rings is 3. The van der Waals surface area contributed by atoms with E-state index in [1.807, 2.05) is 75.5 Å². The van der Waals surface area contributed by atoms with E-state index >= 15 is 0 Å². The average Bonchev–Trinajstić information content (AvgIpc) is 2.98. The lowest BCUT2D eigenvalue weighted by Gasteiger charge is -2.18. The van der Waals surface area contributed by atoms with Gasteiger partial charge in [0.1, 0.15) is 30.7 Å². The fourth-order valence-corrected chi connectivity index (χ4v) is 7.36. The van der Waals surface area contributed by atoms with E-state index in [1.165, 1.54) is 7.11 Å². The molecule has 0 radical (unpaired) electrons. The summed E-state index contributed by atoms with van der Waals surface area (Å²) in [5, 5.41) is 17.3. The molecule has 0 bridgehead atoms. The molecule has 0 aliphatic carbocycles. The van der Waals surface area contributed by atoms with Gasteiger partial charge < -0.3 is 35.3 Å². The molecule has 4 N–H and O–H groups in total. The van der Waals surface area contributed by atoms with Crippen LogP contribution in [0.4, 0.5) is 4.79 Å². The Balaban J connectivity index is 1.53. The lowest BCUT2D eigenvalue weighted by atomic mass is 10.1. The molecule has 3 aromatic rings. The van der Waals surface area contributed by atoms with Gasteiger partial charge in [-0.2, -0.15) is 0 Å². The number of carbonyl (C=O) groups is 4. The standard InChI is InChI=1S/C28H25I4N3O8/c1-41-27(39)22(35-24(37)13-33-23(36)12-34-28(40)42-14-15-5-3-2-4-6-15)9-16-7-20(31)26(21(32)8-16)43-17-10-18(29)25(38)19(30)11-17/h2-8,10-11,22,38H,9,12-14H2,1H3,(H,33,36)(H,34,40)(H,35,37).